The minimum absolute atomic E-state index is 0.119. The van der Waals surface area contributed by atoms with Crippen LogP contribution in [0, 0.1) is 34.0 Å². The first kappa shape index (κ1) is 14.2. The molecule has 2 heteroatoms. The van der Waals surface area contributed by atoms with Gasteiger partial charge in [-0.15, -0.1) is 0 Å². The van der Waals surface area contributed by atoms with Crippen LogP contribution in [0.1, 0.15) is 71.6 Å². The van der Waals surface area contributed by atoms with Crippen LogP contribution in [-0.4, -0.2) is 17.5 Å². The van der Waals surface area contributed by atoms with Gasteiger partial charge in [0, 0.05) is 18.9 Å². The van der Waals surface area contributed by atoms with E-state index >= 15 is 0 Å². The summed E-state index contributed by atoms with van der Waals surface area (Å²) in [4.78, 5) is 12.3. The van der Waals surface area contributed by atoms with Crippen molar-refractivity contribution in [2.75, 3.05) is 6.61 Å². The zero-order valence-electron chi connectivity index (χ0n) is 13.7. The molecule has 4 aliphatic rings. The molecule has 0 radical (unpaired) electrons. The molecule has 6 unspecified atom stereocenters. The van der Waals surface area contributed by atoms with Gasteiger partial charge in [0.1, 0.15) is 5.78 Å². The van der Waals surface area contributed by atoms with Crippen LogP contribution in [0.4, 0.5) is 0 Å². The molecular weight excluding hydrogens is 260 g/mol. The minimum Gasteiger partial charge on any atom is -0.396 e. The standard InChI is InChI=1S/C19H30O2/c1-17(12-20)7-3-8-18(2)15(17)6-9-19-10-13(14(21)11-19)4-5-16(18)19/h13,15-16,20H,3-12H2,1-2H3. The third kappa shape index (κ3) is 1.72. The SMILES string of the molecule is CC1(CO)CCCC2(C)C1CCC13CC(=O)C(CCC12)C3. The van der Waals surface area contributed by atoms with Gasteiger partial charge in [-0.1, -0.05) is 20.3 Å². The lowest BCUT2D eigenvalue weighted by Crippen LogP contribution is -2.57. The third-order valence-corrected chi connectivity index (χ3v) is 8.37. The molecule has 0 aromatic carbocycles. The van der Waals surface area contributed by atoms with Gasteiger partial charge in [-0.2, -0.15) is 0 Å². The molecule has 0 heterocycles. The van der Waals surface area contributed by atoms with Crippen molar-refractivity contribution >= 4 is 5.78 Å². The number of hydrogen-bond donors (Lipinski definition) is 1. The Balaban J connectivity index is 1.73. The van der Waals surface area contributed by atoms with Crippen molar-refractivity contribution in [1.82, 2.24) is 0 Å². The van der Waals surface area contributed by atoms with E-state index in [0.717, 1.165) is 18.8 Å². The maximum atomic E-state index is 12.3. The zero-order chi connectivity index (χ0) is 14.9. The lowest BCUT2D eigenvalue weighted by Gasteiger charge is -2.64. The monoisotopic (exact) mass is 290 g/mol. The van der Waals surface area contributed by atoms with Crippen LogP contribution in [0.3, 0.4) is 0 Å². The van der Waals surface area contributed by atoms with Gasteiger partial charge in [-0.25, -0.2) is 0 Å². The molecule has 6 atom stereocenters. The first-order valence-electron chi connectivity index (χ1n) is 9.07. The van der Waals surface area contributed by atoms with E-state index in [1.165, 1.54) is 44.9 Å². The molecule has 4 fully saturated rings. The number of carbonyl (C=O) groups is 1. The second-order valence-corrected chi connectivity index (χ2v) is 9.30. The molecule has 4 saturated carbocycles. The Morgan fingerprint density at radius 2 is 1.90 bits per heavy atom. The number of aliphatic hydroxyl groups is 1. The highest BCUT2D eigenvalue weighted by Gasteiger charge is 2.64. The Labute approximate surface area is 128 Å². The second kappa shape index (κ2) is 4.34. The molecule has 0 amide bonds. The molecule has 2 nitrogen and oxygen atoms in total. The summed E-state index contributed by atoms with van der Waals surface area (Å²) in [6.07, 6.45) is 10.7. The van der Waals surface area contributed by atoms with Gasteiger partial charge in [0.25, 0.3) is 0 Å². The van der Waals surface area contributed by atoms with E-state index < -0.39 is 0 Å². The predicted molar refractivity (Wildman–Crippen MR) is 82.8 cm³/mol. The summed E-state index contributed by atoms with van der Waals surface area (Å²) in [7, 11) is 0. The highest BCUT2D eigenvalue weighted by Crippen LogP contribution is 2.70. The predicted octanol–water partition coefficient (Wildman–Crippen LogP) is 3.96. The van der Waals surface area contributed by atoms with Crippen LogP contribution in [-0.2, 0) is 4.79 Å². The van der Waals surface area contributed by atoms with Crippen LogP contribution in [0.25, 0.3) is 0 Å². The Morgan fingerprint density at radius 1 is 1.10 bits per heavy atom. The topological polar surface area (TPSA) is 37.3 Å². The maximum Gasteiger partial charge on any atom is 0.136 e. The van der Waals surface area contributed by atoms with Gasteiger partial charge < -0.3 is 5.11 Å². The molecule has 118 valence electrons. The van der Waals surface area contributed by atoms with Crippen LogP contribution in [0.5, 0.6) is 0 Å². The first-order valence-corrected chi connectivity index (χ1v) is 9.07. The largest absolute Gasteiger partial charge is 0.396 e. The zero-order valence-corrected chi connectivity index (χ0v) is 13.7. The molecule has 4 aliphatic carbocycles. The minimum atomic E-state index is 0.119. The Hall–Kier alpha value is -0.370. The van der Waals surface area contributed by atoms with Crippen LogP contribution in [0.15, 0.2) is 0 Å². The number of fused-ring (bicyclic) bond motifs is 3. The molecule has 1 N–H and O–H groups in total. The van der Waals surface area contributed by atoms with Crippen LogP contribution in [0.2, 0.25) is 0 Å². The number of ketones is 1. The van der Waals surface area contributed by atoms with Crippen molar-refractivity contribution in [2.45, 2.75) is 71.6 Å². The van der Waals surface area contributed by atoms with Crippen molar-refractivity contribution in [3.63, 3.8) is 0 Å². The van der Waals surface area contributed by atoms with Gasteiger partial charge >= 0.3 is 0 Å². The van der Waals surface area contributed by atoms with Crippen LogP contribution >= 0.6 is 0 Å². The summed E-state index contributed by atoms with van der Waals surface area (Å²) < 4.78 is 0. The summed E-state index contributed by atoms with van der Waals surface area (Å²) >= 11 is 0. The number of rotatable bonds is 1. The van der Waals surface area contributed by atoms with Crippen LogP contribution < -0.4 is 0 Å². The fraction of sp³-hybridized carbons (Fsp3) is 0.947. The van der Waals surface area contributed by atoms with E-state index in [1.807, 2.05) is 0 Å². The fourth-order valence-corrected chi connectivity index (χ4v) is 7.50. The van der Waals surface area contributed by atoms with E-state index in [2.05, 4.69) is 13.8 Å². The van der Waals surface area contributed by atoms with E-state index in [9.17, 15) is 9.90 Å². The first-order chi connectivity index (χ1) is 9.94. The van der Waals surface area contributed by atoms with E-state index in [1.54, 1.807) is 0 Å². The molecule has 0 aliphatic heterocycles. The average molecular weight is 290 g/mol. The summed E-state index contributed by atoms with van der Waals surface area (Å²) in [5.74, 6) is 2.36. The number of carbonyl (C=O) groups excluding carboxylic acids is 1. The summed E-state index contributed by atoms with van der Waals surface area (Å²) in [6.45, 7) is 5.17. The van der Waals surface area contributed by atoms with Crippen molar-refractivity contribution in [3.8, 4) is 0 Å². The molecular formula is C19H30O2. The van der Waals surface area contributed by atoms with Gasteiger partial charge in [0.2, 0.25) is 0 Å². The van der Waals surface area contributed by atoms with Crippen molar-refractivity contribution < 1.29 is 9.90 Å². The second-order valence-electron chi connectivity index (χ2n) is 9.30. The van der Waals surface area contributed by atoms with Gasteiger partial charge in [-0.05, 0) is 73.0 Å². The fourth-order valence-electron chi connectivity index (χ4n) is 7.50. The van der Waals surface area contributed by atoms with E-state index in [0.29, 0.717) is 35.1 Å². The highest BCUT2D eigenvalue weighted by molar-refractivity contribution is 5.84. The number of Topliss-reactive ketones (excluding diaryl/α,β-unsaturated/α-hetero) is 1. The lowest BCUT2D eigenvalue weighted by atomic mass is 9.41. The molecule has 0 aromatic rings. The normalized spacial score (nSPS) is 56.0. The summed E-state index contributed by atoms with van der Waals surface area (Å²) in [6, 6.07) is 0. The molecule has 1 spiro atoms. The van der Waals surface area contributed by atoms with Crippen molar-refractivity contribution in [2.24, 2.45) is 34.0 Å². The van der Waals surface area contributed by atoms with Gasteiger partial charge in [0.05, 0.1) is 0 Å². The smallest absolute Gasteiger partial charge is 0.136 e. The molecule has 0 saturated heterocycles. The highest BCUT2D eigenvalue weighted by atomic mass is 16.3. The number of hydrogen-bond acceptors (Lipinski definition) is 2. The molecule has 4 rings (SSSR count). The molecule has 0 aromatic heterocycles. The van der Waals surface area contributed by atoms with E-state index in [-0.39, 0.29) is 5.41 Å². The molecule has 21 heavy (non-hydrogen) atoms. The van der Waals surface area contributed by atoms with Gasteiger partial charge in [0.15, 0.2) is 0 Å². The lowest BCUT2D eigenvalue weighted by molar-refractivity contribution is -0.159. The Bertz CT molecular complexity index is 472. The average Bonchev–Trinajstić information content (AvgIpc) is 2.68. The van der Waals surface area contributed by atoms with E-state index in [4.69, 9.17) is 0 Å². The summed E-state index contributed by atoms with van der Waals surface area (Å²) in [5, 5.41) is 10.0. The van der Waals surface area contributed by atoms with Crippen molar-refractivity contribution in [3.05, 3.63) is 0 Å². The summed E-state index contributed by atoms with van der Waals surface area (Å²) in [5.41, 5.74) is 0.830. The quantitative estimate of drug-likeness (QED) is 0.793. The Morgan fingerprint density at radius 3 is 2.67 bits per heavy atom. The Kier molecular flexibility index (Phi) is 2.94. The van der Waals surface area contributed by atoms with Crippen molar-refractivity contribution in [1.29, 1.82) is 0 Å². The third-order valence-electron chi connectivity index (χ3n) is 8.37. The van der Waals surface area contributed by atoms with Gasteiger partial charge in [-0.3, -0.25) is 4.79 Å². The number of aliphatic hydroxyl groups excluding tert-OH is 1. The molecule has 2 bridgehead atoms. The maximum absolute atomic E-state index is 12.3.